The molecule has 3 N–H and O–H groups in total. The SMILES string of the molecule is Cc1nc(COc2cccc(/C=C/C(=O)Nc3ccc(C(N)=O)c(C)c3)c2)cs1. The van der Waals surface area contributed by atoms with Gasteiger partial charge in [-0.1, -0.05) is 12.1 Å². The van der Waals surface area contributed by atoms with Crippen LogP contribution in [-0.4, -0.2) is 16.8 Å². The summed E-state index contributed by atoms with van der Waals surface area (Å²) in [4.78, 5) is 27.8. The first-order valence-electron chi connectivity index (χ1n) is 8.94. The summed E-state index contributed by atoms with van der Waals surface area (Å²) in [5.74, 6) is -0.0661. The topological polar surface area (TPSA) is 94.3 Å². The van der Waals surface area contributed by atoms with Gasteiger partial charge in [-0.15, -0.1) is 11.3 Å². The standard InChI is InChI=1S/C22H21N3O3S/c1-14-10-17(7-8-20(14)22(23)27)25-21(26)9-6-16-4-3-5-19(11-16)28-12-18-13-29-15(2)24-18/h3-11,13H,12H2,1-2H3,(H2,23,27)(H,25,26)/b9-6+. The molecule has 7 heteroatoms. The average Bonchev–Trinajstić information content (AvgIpc) is 3.10. The molecule has 3 rings (SSSR count). The van der Waals surface area contributed by atoms with Crippen LogP contribution in [0.2, 0.25) is 0 Å². The maximum Gasteiger partial charge on any atom is 0.248 e. The summed E-state index contributed by atoms with van der Waals surface area (Å²) in [6.07, 6.45) is 3.15. The Labute approximate surface area is 173 Å². The van der Waals surface area contributed by atoms with Gasteiger partial charge >= 0.3 is 0 Å². The van der Waals surface area contributed by atoms with E-state index in [9.17, 15) is 9.59 Å². The highest BCUT2D eigenvalue weighted by atomic mass is 32.1. The molecule has 1 heterocycles. The summed E-state index contributed by atoms with van der Waals surface area (Å²) in [5, 5.41) is 5.75. The average molecular weight is 407 g/mol. The Balaban J connectivity index is 1.59. The van der Waals surface area contributed by atoms with Crippen molar-refractivity contribution in [3.63, 3.8) is 0 Å². The quantitative estimate of drug-likeness (QED) is 0.577. The van der Waals surface area contributed by atoms with Crippen molar-refractivity contribution in [3.05, 3.63) is 81.3 Å². The lowest BCUT2D eigenvalue weighted by Gasteiger charge is -2.07. The fourth-order valence-corrected chi connectivity index (χ4v) is 3.31. The molecule has 0 aliphatic heterocycles. The van der Waals surface area contributed by atoms with Crippen LogP contribution in [0.5, 0.6) is 5.75 Å². The number of nitrogens with one attached hydrogen (secondary N) is 1. The van der Waals surface area contributed by atoms with Crippen molar-refractivity contribution in [2.45, 2.75) is 20.5 Å². The number of thiazole rings is 1. The number of anilines is 1. The molecule has 148 valence electrons. The van der Waals surface area contributed by atoms with Crippen LogP contribution in [-0.2, 0) is 11.4 Å². The summed E-state index contributed by atoms with van der Waals surface area (Å²) in [6, 6.07) is 12.4. The number of carbonyl (C=O) groups excluding carboxylic acids is 2. The van der Waals surface area contributed by atoms with Crippen LogP contribution in [0.4, 0.5) is 5.69 Å². The zero-order chi connectivity index (χ0) is 20.8. The van der Waals surface area contributed by atoms with Crippen molar-refractivity contribution in [2.24, 2.45) is 5.73 Å². The molecule has 29 heavy (non-hydrogen) atoms. The number of carbonyl (C=O) groups is 2. The highest BCUT2D eigenvalue weighted by Crippen LogP contribution is 2.18. The first-order chi connectivity index (χ1) is 13.9. The lowest BCUT2D eigenvalue weighted by atomic mass is 10.1. The zero-order valence-electron chi connectivity index (χ0n) is 16.1. The van der Waals surface area contributed by atoms with E-state index in [-0.39, 0.29) is 5.91 Å². The van der Waals surface area contributed by atoms with E-state index < -0.39 is 5.91 Å². The number of amides is 2. The van der Waals surface area contributed by atoms with E-state index in [1.54, 1.807) is 42.5 Å². The summed E-state index contributed by atoms with van der Waals surface area (Å²) in [5.41, 5.74) is 8.77. The van der Waals surface area contributed by atoms with Crippen LogP contribution >= 0.6 is 11.3 Å². The molecule has 3 aromatic rings. The van der Waals surface area contributed by atoms with Crippen molar-refractivity contribution in [3.8, 4) is 5.75 Å². The minimum Gasteiger partial charge on any atom is -0.487 e. The van der Waals surface area contributed by atoms with Crippen LogP contribution in [0, 0.1) is 13.8 Å². The third kappa shape index (κ3) is 5.76. The first-order valence-corrected chi connectivity index (χ1v) is 9.82. The van der Waals surface area contributed by atoms with E-state index in [1.807, 2.05) is 36.6 Å². The normalized spacial score (nSPS) is 10.8. The summed E-state index contributed by atoms with van der Waals surface area (Å²) in [7, 11) is 0. The first kappa shape index (κ1) is 20.3. The Hall–Kier alpha value is -3.45. The fourth-order valence-electron chi connectivity index (χ4n) is 2.71. The fraction of sp³-hybridized carbons (Fsp3) is 0.136. The predicted octanol–water partition coefficient (Wildman–Crippen LogP) is 4.09. The number of hydrogen-bond acceptors (Lipinski definition) is 5. The molecule has 0 aliphatic rings. The van der Waals surface area contributed by atoms with E-state index in [1.165, 1.54) is 6.08 Å². The third-order valence-electron chi connectivity index (χ3n) is 4.10. The van der Waals surface area contributed by atoms with Crippen LogP contribution in [0.15, 0.2) is 53.9 Å². The zero-order valence-corrected chi connectivity index (χ0v) is 17.0. The Kier molecular flexibility index (Phi) is 6.41. The molecule has 2 amide bonds. The van der Waals surface area contributed by atoms with Crippen LogP contribution in [0.25, 0.3) is 6.08 Å². The van der Waals surface area contributed by atoms with E-state index in [0.717, 1.165) is 16.3 Å². The van der Waals surface area contributed by atoms with E-state index in [4.69, 9.17) is 10.5 Å². The van der Waals surface area contributed by atoms with E-state index in [0.29, 0.717) is 29.2 Å². The molecule has 0 unspecified atom stereocenters. The molecular weight excluding hydrogens is 386 g/mol. The largest absolute Gasteiger partial charge is 0.487 e. The van der Waals surface area contributed by atoms with Crippen molar-refractivity contribution < 1.29 is 14.3 Å². The van der Waals surface area contributed by atoms with Gasteiger partial charge in [-0.05, 0) is 61.4 Å². The maximum absolute atomic E-state index is 12.2. The number of hydrogen-bond donors (Lipinski definition) is 2. The van der Waals surface area contributed by atoms with Gasteiger partial charge in [-0.2, -0.15) is 0 Å². The second kappa shape index (κ2) is 9.16. The molecule has 0 atom stereocenters. The minimum absolute atomic E-state index is 0.277. The van der Waals surface area contributed by atoms with E-state index in [2.05, 4.69) is 10.3 Å². The van der Waals surface area contributed by atoms with Crippen molar-refractivity contribution in [1.29, 1.82) is 0 Å². The number of primary amides is 1. The van der Waals surface area contributed by atoms with Crippen LogP contribution in [0.1, 0.15) is 32.2 Å². The Bertz CT molecular complexity index is 1070. The molecular formula is C22H21N3O3S. The monoisotopic (exact) mass is 407 g/mol. The minimum atomic E-state index is -0.493. The number of nitrogens with two attached hydrogens (primary N) is 1. The van der Waals surface area contributed by atoms with Gasteiger partial charge in [0.15, 0.2) is 0 Å². The van der Waals surface area contributed by atoms with Gasteiger partial charge in [0.2, 0.25) is 11.8 Å². The number of rotatable bonds is 7. The summed E-state index contributed by atoms with van der Waals surface area (Å²) < 4.78 is 5.76. The predicted molar refractivity (Wildman–Crippen MR) is 115 cm³/mol. The highest BCUT2D eigenvalue weighted by Gasteiger charge is 2.06. The molecule has 0 saturated carbocycles. The molecule has 2 aromatic carbocycles. The van der Waals surface area contributed by atoms with Gasteiger partial charge in [0.05, 0.1) is 10.7 Å². The molecule has 0 fully saturated rings. The van der Waals surface area contributed by atoms with Crippen molar-refractivity contribution >= 4 is 34.9 Å². The second-order valence-corrected chi connectivity index (χ2v) is 7.50. The Morgan fingerprint density at radius 3 is 2.72 bits per heavy atom. The smallest absolute Gasteiger partial charge is 0.248 e. The summed E-state index contributed by atoms with van der Waals surface area (Å²) >= 11 is 1.59. The summed E-state index contributed by atoms with van der Waals surface area (Å²) in [6.45, 7) is 4.13. The number of aryl methyl sites for hydroxylation is 2. The number of nitrogens with zero attached hydrogens (tertiary/aromatic N) is 1. The highest BCUT2D eigenvalue weighted by molar-refractivity contribution is 7.09. The van der Waals surface area contributed by atoms with Gasteiger partial charge in [0, 0.05) is 22.7 Å². The van der Waals surface area contributed by atoms with Crippen molar-refractivity contribution in [2.75, 3.05) is 5.32 Å². The van der Waals surface area contributed by atoms with Crippen LogP contribution in [0.3, 0.4) is 0 Å². The van der Waals surface area contributed by atoms with E-state index >= 15 is 0 Å². The maximum atomic E-state index is 12.2. The molecule has 0 saturated heterocycles. The van der Waals surface area contributed by atoms with Gasteiger partial charge in [-0.25, -0.2) is 4.98 Å². The second-order valence-electron chi connectivity index (χ2n) is 6.44. The lowest BCUT2D eigenvalue weighted by Crippen LogP contribution is -2.13. The molecule has 0 aliphatic carbocycles. The molecule has 6 nitrogen and oxygen atoms in total. The van der Waals surface area contributed by atoms with Crippen LogP contribution < -0.4 is 15.8 Å². The Morgan fingerprint density at radius 1 is 1.21 bits per heavy atom. The Morgan fingerprint density at radius 2 is 2.03 bits per heavy atom. The number of ether oxygens (including phenoxy) is 1. The van der Waals surface area contributed by atoms with Gasteiger partial charge in [0.25, 0.3) is 0 Å². The molecule has 0 bridgehead atoms. The van der Waals surface area contributed by atoms with Gasteiger partial charge in [0.1, 0.15) is 12.4 Å². The van der Waals surface area contributed by atoms with Gasteiger partial charge in [-0.3, -0.25) is 9.59 Å². The number of aromatic nitrogens is 1. The van der Waals surface area contributed by atoms with Gasteiger partial charge < -0.3 is 15.8 Å². The third-order valence-corrected chi connectivity index (χ3v) is 4.92. The lowest BCUT2D eigenvalue weighted by molar-refractivity contribution is -0.111. The molecule has 1 aromatic heterocycles. The number of benzene rings is 2. The van der Waals surface area contributed by atoms with Crippen molar-refractivity contribution in [1.82, 2.24) is 4.98 Å². The molecule has 0 spiro atoms. The molecule has 0 radical (unpaired) electrons.